The first-order chi connectivity index (χ1) is 9.56. The predicted octanol–water partition coefficient (Wildman–Crippen LogP) is 3.55. The van der Waals surface area contributed by atoms with Gasteiger partial charge in [0.15, 0.2) is 0 Å². The van der Waals surface area contributed by atoms with Gasteiger partial charge in [-0.25, -0.2) is 9.18 Å². The number of hydrogen-bond acceptors (Lipinski definition) is 3. The highest BCUT2D eigenvalue weighted by molar-refractivity contribution is 5.91. The molecule has 3 nitrogen and oxygen atoms in total. The third kappa shape index (κ3) is 2.69. The average Bonchev–Trinajstić information content (AvgIpc) is 2.45. The number of aryl methyl sites for hydroxylation is 2. The van der Waals surface area contributed by atoms with Crippen LogP contribution in [0.3, 0.4) is 0 Å². The molecule has 0 atom stereocenters. The second-order valence-electron chi connectivity index (χ2n) is 4.52. The van der Waals surface area contributed by atoms with E-state index < -0.39 is 11.8 Å². The summed E-state index contributed by atoms with van der Waals surface area (Å²) < 4.78 is 18.4. The van der Waals surface area contributed by atoms with Crippen LogP contribution in [0, 0.1) is 12.7 Å². The van der Waals surface area contributed by atoms with Gasteiger partial charge in [-0.1, -0.05) is 6.92 Å². The SMILES string of the molecule is CCc1nccc(C)c1-c1cc(F)cc(C(=O)OC)c1. The third-order valence-corrected chi connectivity index (χ3v) is 3.18. The maximum atomic E-state index is 13.7. The summed E-state index contributed by atoms with van der Waals surface area (Å²) in [4.78, 5) is 15.9. The van der Waals surface area contributed by atoms with E-state index in [-0.39, 0.29) is 5.56 Å². The highest BCUT2D eigenvalue weighted by Crippen LogP contribution is 2.28. The summed E-state index contributed by atoms with van der Waals surface area (Å²) in [6, 6.07) is 6.09. The van der Waals surface area contributed by atoms with Crippen LogP contribution in [0.4, 0.5) is 4.39 Å². The lowest BCUT2D eigenvalue weighted by Crippen LogP contribution is -2.03. The molecule has 2 aromatic rings. The van der Waals surface area contributed by atoms with Gasteiger partial charge >= 0.3 is 5.97 Å². The number of carbonyl (C=O) groups is 1. The highest BCUT2D eigenvalue weighted by Gasteiger charge is 2.14. The fourth-order valence-electron chi connectivity index (χ4n) is 2.25. The van der Waals surface area contributed by atoms with Crippen LogP contribution in [-0.2, 0) is 11.2 Å². The van der Waals surface area contributed by atoms with Crippen LogP contribution in [0.15, 0.2) is 30.5 Å². The second-order valence-corrected chi connectivity index (χ2v) is 4.52. The van der Waals surface area contributed by atoms with Crippen molar-refractivity contribution in [2.45, 2.75) is 20.3 Å². The summed E-state index contributed by atoms with van der Waals surface area (Å²) in [7, 11) is 1.28. The average molecular weight is 273 g/mol. The van der Waals surface area contributed by atoms with Crippen molar-refractivity contribution in [1.29, 1.82) is 0 Å². The minimum atomic E-state index is -0.551. The maximum absolute atomic E-state index is 13.7. The maximum Gasteiger partial charge on any atom is 0.337 e. The van der Waals surface area contributed by atoms with Crippen molar-refractivity contribution >= 4 is 5.97 Å². The Morgan fingerprint density at radius 2 is 2.10 bits per heavy atom. The van der Waals surface area contributed by atoms with Crippen molar-refractivity contribution in [3.63, 3.8) is 0 Å². The number of aromatic nitrogens is 1. The quantitative estimate of drug-likeness (QED) is 0.803. The van der Waals surface area contributed by atoms with Crippen LogP contribution in [-0.4, -0.2) is 18.1 Å². The molecule has 1 aromatic heterocycles. The van der Waals surface area contributed by atoms with Crippen molar-refractivity contribution in [2.24, 2.45) is 0 Å². The Balaban J connectivity index is 2.64. The van der Waals surface area contributed by atoms with E-state index in [1.165, 1.54) is 19.2 Å². The molecule has 0 saturated carbocycles. The second kappa shape index (κ2) is 5.82. The molecule has 0 aliphatic carbocycles. The third-order valence-electron chi connectivity index (χ3n) is 3.18. The van der Waals surface area contributed by atoms with E-state index in [1.54, 1.807) is 12.3 Å². The Hall–Kier alpha value is -2.23. The van der Waals surface area contributed by atoms with Crippen LogP contribution >= 0.6 is 0 Å². The van der Waals surface area contributed by atoms with Crippen LogP contribution in [0.1, 0.15) is 28.5 Å². The van der Waals surface area contributed by atoms with Gasteiger partial charge in [-0.15, -0.1) is 0 Å². The standard InChI is InChI=1S/C16H16FNO2/c1-4-14-15(10(2)5-6-18-14)11-7-12(16(19)20-3)9-13(17)8-11/h5-9H,4H2,1-3H3. The van der Waals surface area contributed by atoms with E-state index in [9.17, 15) is 9.18 Å². The number of benzene rings is 1. The first kappa shape index (κ1) is 14.2. The number of ether oxygens (including phenoxy) is 1. The van der Waals surface area contributed by atoms with E-state index in [1.807, 2.05) is 19.9 Å². The minimum Gasteiger partial charge on any atom is -0.465 e. The molecule has 0 unspecified atom stereocenters. The zero-order valence-electron chi connectivity index (χ0n) is 11.7. The molecule has 0 aliphatic rings. The molecule has 0 amide bonds. The lowest BCUT2D eigenvalue weighted by Gasteiger charge is -2.12. The molecule has 0 spiro atoms. The van der Waals surface area contributed by atoms with E-state index >= 15 is 0 Å². The molecule has 0 radical (unpaired) electrons. The predicted molar refractivity (Wildman–Crippen MR) is 75.1 cm³/mol. The lowest BCUT2D eigenvalue weighted by molar-refractivity contribution is 0.0600. The highest BCUT2D eigenvalue weighted by atomic mass is 19.1. The Morgan fingerprint density at radius 1 is 1.35 bits per heavy atom. The summed E-state index contributed by atoms with van der Waals surface area (Å²) in [6.45, 7) is 3.94. The minimum absolute atomic E-state index is 0.202. The van der Waals surface area contributed by atoms with Crippen LogP contribution < -0.4 is 0 Å². The number of rotatable bonds is 3. The molecule has 0 fully saturated rings. The van der Waals surface area contributed by atoms with Gasteiger partial charge in [-0.3, -0.25) is 4.98 Å². The van der Waals surface area contributed by atoms with E-state index in [0.717, 1.165) is 23.2 Å². The summed E-state index contributed by atoms with van der Waals surface area (Å²) in [5.41, 5.74) is 3.60. The van der Waals surface area contributed by atoms with E-state index in [0.29, 0.717) is 5.56 Å². The van der Waals surface area contributed by atoms with Crippen molar-refractivity contribution in [3.8, 4) is 11.1 Å². The van der Waals surface area contributed by atoms with Gasteiger partial charge in [0.05, 0.1) is 12.7 Å². The molecule has 1 aromatic carbocycles. The fraction of sp³-hybridized carbons (Fsp3) is 0.250. The molecule has 2 rings (SSSR count). The number of halogens is 1. The summed E-state index contributed by atoms with van der Waals surface area (Å²) in [6.07, 6.45) is 2.47. The fourth-order valence-corrected chi connectivity index (χ4v) is 2.25. The zero-order valence-corrected chi connectivity index (χ0v) is 11.7. The van der Waals surface area contributed by atoms with Crippen molar-refractivity contribution in [1.82, 2.24) is 4.98 Å². The molecular formula is C16H16FNO2. The Kier molecular flexibility index (Phi) is 4.13. The number of carbonyl (C=O) groups excluding carboxylic acids is 1. The van der Waals surface area contributed by atoms with Crippen LogP contribution in [0.25, 0.3) is 11.1 Å². The van der Waals surface area contributed by atoms with E-state index in [2.05, 4.69) is 9.72 Å². The molecule has 4 heteroatoms. The molecule has 104 valence electrons. The van der Waals surface area contributed by atoms with Crippen molar-refractivity contribution < 1.29 is 13.9 Å². The van der Waals surface area contributed by atoms with E-state index in [4.69, 9.17) is 0 Å². The molecule has 0 N–H and O–H groups in total. The van der Waals surface area contributed by atoms with Gasteiger partial charge in [0.1, 0.15) is 5.82 Å². The Bertz CT molecular complexity index is 653. The Labute approximate surface area is 117 Å². The summed E-state index contributed by atoms with van der Waals surface area (Å²) in [5.74, 6) is -1.02. The van der Waals surface area contributed by atoms with Crippen LogP contribution in [0.2, 0.25) is 0 Å². The number of methoxy groups -OCH3 is 1. The van der Waals surface area contributed by atoms with Gasteiger partial charge in [0.2, 0.25) is 0 Å². The Morgan fingerprint density at radius 3 is 2.75 bits per heavy atom. The molecule has 1 heterocycles. The first-order valence-corrected chi connectivity index (χ1v) is 6.40. The monoisotopic (exact) mass is 273 g/mol. The smallest absolute Gasteiger partial charge is 0.337 e. The van der Waals surface area contributed by atoms with Gasteiger partial charge in [-0.2, -0.15) is 0 Å². The summed E-state index contributed by atoms with van der Waals surface area (Å²) in [5, 5.41) is 0. The summed E-state index contributed by atoms with van der Waals surface area (Å²) >= 11 is 0. The molecule has 0 bridgehead atoms. The molecular weight excluding hydrogens is 257 g/mol. The normalized spacial score (nSPS) is 10.4. The first-order valence-electron chi connectivity index (χ1n) is 6.40. The topological polar surface area (TPSA) is 39.2 Å². The number of pyridine rings is 1. The molecule has 20 heavy (non-hydrogen) atoms. The molecule has 0 aliphatic heterocycles. The largest absolute Gasteiger partial charge is 0.465 e. The van der Waals surface area contributed by atoms with Gasteiger partial charge in [0.25, 0.3) is 0 Å². The van der Waals surface area contributed by atoms with Crippen molar-refractivity contribution in [2.75, 3.05) is 7.11 Å². The molecule has 0 saturated heterocycles. The number of esters is 1. The van der Waals surface area contributed by atoms with Gasteiger partial charge in [0, 0.05) is 17.5 Å². The van der Waals surface area contributed by atoms with Gasteiger partial charge < -0.3 is 4.74 Å². The lowest BCUT2D eigenvalue weighted by atomic mass is 9.96. The van der Waals surface area contributed by atoms with Gasteiger partial charge in [-0.05, 0) is 48.7 Å². The van der Waals surface area contributed by atoms with Crippen LogP contribution in [0.5, 0.6) is 0 Å². The zero-order chi connectivity index (χ0) is 14.7. The van der Waals surface area contributed by atoms with Crippen molar-refractivity contribution in [3.05, 3.63) is 53.1 Å². The number of hydrogen-bond donors (Lipinski definition) is 0. The number of nitrogens with zero attached hydrogens (tertiary/aromatic N) is 1.